The van der Waals surface area contributed by atoms with Crippen LogP contribution in [0.5, 0.6) is 0 Å². The molecule has 0 saturated carbocycles. The molecule has 0 radical (unpaired) electrons. The van der Waals surface area contributed by atoms with Gasteiger partial charge in [-0.05, 0) is 34.4 Å². The first-order valence-corrected chi connectivity index (χ1v) is 10.0. The molecule has 0 bridgehead atoms. The van der Waals surface area contributed by atoms with Crippen molar-refractivity contribution in [1.29, 1.82) is 0 Å². The Morgan fingerprint density at radius 2 is 1.83 bits per heavy atom. The highest BCUT2D eigenvalue weighted by Crippen LogP contribution is 2.31. The van der Waals surface area contributed by atoms with Gasteiger partial charge < -0.3 is 16.0 Å². The molecular formula is C24H26N4O. The smallest absolute Gasteiger partial charge is 0.225 e. The molecule has 0 aliphatic carbocycles. The molecule has 29 heavy (non-hydrogen) atoms. The van der Waals surface area contributed by atoms with Gasteiger partial charge in [-0.25, -0.2) is 0 Å². The molecule has 5 heteroatoms. The Morgan fingerprint density at radius 1 is 1.03 bits per heavy atom. The number of nitrogens with one attached hydrogen (secondary N) is 3. The minimum Gasteiger partial charge on any atom is -0.356 e. The lowest BCUT2D eigenvalue weighted by atomic mass is 9.90. The fraction of sp³-hybridized carbons (Fsp3) is 0.250. The minimum absolute atomic E-state index is 0.0646. The third kappa shape index (κ3) is 4.57. The Kier molecular flexibility index (Phi) is 5.75. The van der Waals surface area contributed by atoms with E-state index in [9.17, 15) is 4.79 Å². The number of rotatable bonds is 5. The fourth-order valence-corrected chi connectivity index (χ4v) is 3.84. The van der Waals surface area contributed by atoms with Crippen molar-refractivity contribution in [3.05, 3.63) is 77.9 Å². The molecule has 1 unspecified atom stereocenters. The molecule has 148 valence electrons. The maximum atomic E-state index is 12.0. The van der Waals surface area contributed by atoms with E-state index in [2.05, 4.69) is 69.5 Å². The molecule has 4 rings (SSSR count). The molecule has 1 atom stereocenters. The van der Waals surface area contributed by atoms with E-state index in [1.54, 1.807) is 7.05 Å². The van der Waals surface area contributed by atoms with E-state index in [4.69, 9.17) is 0 Å². The van der Waals surface area contributed by atoms with Gasteiger partial charge in [-0.2, -0.15) is 0 Å². The summed E-state index contributed by atoms with van der Waals surface area (Å²) in [6, 6.07) is 23.0. The van der Waals surface area contributed by atoms with E-state index < -0.39 is 0 Å². The lowest BCUT2D eigenvalue weighted by molar-refractivity contribution is -0.116. The predicted octanol–water partition coefficient (Wildman–Crippen LogP) is 3.67. The van der Waals surface area contributed by atoms with Crippen molar-refractivity contribution in [3.63, 3.8) is 0 Å². The van der Waals surface area contributed by atoms with Crippen molar-refractivity contribution in [2.24, 2.45) is 4.99 Å². The van der Waals surface area contributed by atoms with Gasteiger partial charge in [0, 0.05) is 38.2 Å². The fourth-order valence-electron chi connectivity index (χ4n) is 3.84. The lowest BCUT2D eigenvalue weighted by Crippen LogP contribution is -2.41. The summed E-state index contributed by atoms with van der Waals surface area (Å²) in [5.74, 6) is 0.961. The Balaban J connectivity index is 1.31. The largest absolute Gasteiger partial charge is 0.356 e. The number of benzene rings is 3. The standard InChI is InChI=1S/C24H26N4O/c1-25-24(26-13-12-17-10-11-18-6-2-3-7-19(18)14-17)27-16-20-15-23(29)28-22-9-5-4-8-21(20)22/h2-11,14,20H,12-13,15-16H2,1H3,(H,28,29)(H2,25,26,27). The van der Waals surface area contributed by atoms with Gasteiger partial charge in [0.05, 0.1) is 0 Å². The highest BCUT2D eigenvalue weighted by Gasteiger charge is 2.24. The Hall–Kier alpha value is -3.34. The molecule has 3 N–H and O–H groups in total. The molecule has 1 amide bonds. The highest BCUT2D eigenvalue weighted by molar-refractivity contribution is 5.94. The second kappa shape index (κ2) is 8.78. The van der Waals surface area contributed by atoms with Crippen LogP contribution in [-0.4, -0.2) is 32.0 Å². The van der Waals surface area contributed by atoms with E-state index in [0.29, 0.717) is 13.0 Å². The van der Waals surface area contributed by atoms with Crippen LogP contribution in [0.25, 0.3) is 10.8 Å². The van der Waals surface area contributed by atoms with Crippen LogP contribution in [0.1, 0.15) is 23.5 Å². The van der Waals surface area contributed by atoms with Crippen LogP contribution in [0.3, 0.4) is 0 Å². The number of amides is 1. The SMILES string of the molecule is CN=C(NCCc1ccc2ccccc2c1)NCC1CC(=O)Nc2ccccc21. The summed E-state index contributed by atoms with van der Waals surface area (Å²) in [4.78, 5) is 16.3. The number of guanidine groups is 1. The molecule has 0 aromatic heterocycles. The van der Waals surface area contributed by atoms with E-state index in [-0.39, 0.29) is 11.8 Å². The topological polar surface area (TPSA) is 65.5 Å². The maximum absolute atomic E-state index is 12.0. The van der Waals surface area contributed by atoms with Crippen molar-refractivity contribution in [1.82, 2.24) is 10.6 Å². The molecular weight excluding hydrogens is 360 g/mol. The van der Waals surface area contributed by atoms with Gasteiger partial charge in [0.15, 0.2) is 5.96 Å². The number of carbonyl (C=O) groups is 1. The van der Waals surface area contributed by atoms with Gasteiger partial charge in [0.2, 0.25) is 5.91 Å². The van der Waals surface area contributed by atoms with Gasteiger partial charge in [-0.15, -0.1) is 0 Å². The summed E-state index contributed by atoms with van der Waals surface area (Å²) in [6.07, 6.45) is 1.40. The second-order valence-corrected chi connectivity index (χ2v) is 7.35. The third-order valence-electron chi connectivity index (χ3n) is 5.37. The summed E-state index contributed by atoms with van der Waals surface area (Å²) < 4.78 is 0. The molecule has 0 fully saturated rings. The number of aliphatic imine (C=N–C) groups is 1. The zero-order chi connectivity index (χ0) is 20.1. The van der Waals surface area contributed by atoms with Crippen LogP contribution in [0.2, 0.25) is 0 Å². The predicted molar refractivity (Wildman–Crippen MR) is 119 cm³/mol. The van der Waals surface area contributed by atoms with E-state index >= 15 is 0 Å². The molecule has 3 aromatic carbocycles. The first-order chi connectivity index (χ1) is 14.2. The van der Waals surface area contributed by atoms with Crippen LogP contribution >= 0.6 is 0 Å². The van der Waals surface area contributed by atoms with Crippen molar-refractivity contribution in [3.8, 4) is 0 Å². The number of para-hydroxylation sites is 1. The average molecular weight is 386 g/mol. The molecule has 0 spiro atoms. The van der Waals surface area contributed by atoms with Gasteiger partial charge in [0.25, 0.3) is 0 Å². The number of anilines is 1. The Labute approximate surface area is 171 Å². The van der Waals surface area contributed by atoms with Gasteiger partial charge in [0.1, 0.15) is 0 Å². The van der Waals surface area contributed by atoms with Crippen molar-refractivity contribution in [2.45, 2.75) is 18.8 Å². The molecule has 5 nitrogen and oxygen atoms in total. The second-order valence-electron chi connectivity index (χ2n) is 7.35. The normalized spacial score (nSPS) is 16.2. The first kappa shape index (κ1) is 19.0. The number of hydrogen-bond acceptors (Lipinski definition) is 2. The number of nitrogens with zero attached hydrogens (tertiary/aromatic N) is 1. The number of carbonyl (C=O) groups excluding carboxylic acids is 1. The summed E-state index contributed by atoms with van der Waals surface area (Å²) in [5.41, 5.74) is 3.38. The van der Waals surface area contributed by atoms with Gasteiger partial charge >= 0.3 is 0 Å². The number of fused-ring (bicyclic) bond motifs is 2. The first-order valence-electron chi connectivity index (χ1n) is 10.0. The van der Waals surface area contributed by atoms with Gasteiger partial charge in [-0.3, -0.25) is 9.79 Å². The highest BCUT2D eigenvalue weighted by atomic mass is 16.1. The van der Waals surface area contributed by atoms with Crippen LogP contribution < -0.4 is 16.0 Å². The van der Waals surface area contributed by atoms with E-state index in [0.717, 1.165) is 24.6 Å². The monoisotopic (exact) mass is 386 g/mol. The molecule has 0 saturated heterocycles. The van der Waals surface area contributed by atoms with Crippen LogP contribution in [0.15, 0.2) is 71.7 Å². The Bertz CT molecular complexity index is 1040. The average Bonchev–Trinajstić information content (AvgIpc) is 2.75. The summed E-state index contributed by atoms with van der Waals surface area (Å²) >= 11 is 0. The zero-order valence-corrected chi connectivity index (χ0v) is 16.6. The van der Waals surface area contributed by atoms with Crippen LogP contribution in [0, 0.1) is 0 Å². The maximum Gasteiger partial charge on any atom is 0.225 e. The van der Waals surface area contributed by atoms with Crippen molar-refractivity contribution in [2.75, 3.05) is 25.5 Å². The van der Waals surface area contributed by atoms with E-state index in [1.807, 2.05) is 18.2 Å². The zero-order valence-electron chi connectivity index (χ0n) is 16.6. The summed E-state index contributed by atoms with van der Waals surface area (Å²) in [7, 11) is 1.77. The molecule has 1 aliphatic rings. The molecule has 1 aliphatic heterocycles. The van der Waals surface area contributed by atoms with Crippen LogP contribution in [0.4, 0.5) is 5.69 Å². The lowest BCUT2D eigenvalue weighted by Gasteiger charge is -2.26. The van der Waals surface area contributed by atoms with E-state index in [1.165, 1.54) is 21.9 Å². The summed E-state index contributed by atoms with van der Waals surface area (Å²) in [5, 5.41) is 12.2. The Morgan fingerprint density at radius 3 is 2.69 bits per heavy atom. The number of hydrogen-bond donors (Lipinski definition) is 3. The van der Waals surface area contributed by atoms with Gasteiger partial charge in [-0.1, -0.05) is 60.7 Å². The minimum atomic E-state index is 0.0646. The summed E-state index contributed by atoms with van der Waals surface area (Å²) in [6.45, 7) is 1.46. The molecule has 3 aromatic rings. The molecule has 1 heterocycles. The quantitative estimate of drug-likeness (QED) is 0.463. The third-order valence-corrected chi connectivity index (χ3v) is 5.37. The van der Waals surface area contributed by atoms with Crippen LogP contribution in [-0.2, 0) is 11.2 Å². The van der Waals surface area contributed by atoms with Crippen molar-refractivity contribution < 1.29 is 4.79 Å². The van der Waals surface area contributed by atoms with Crippen molar-refractivity contribution >= 4 is 28.3 Å².